The van der Waals surface area contributed by atoms with Gasteiger partial charge in [0.25, 0.3) is 0 Å². The van der Waals surface area contributed by atoms with E-state index in [9.17, 15) is 29.7 Å². The number of hydrogen-bond donors (Lipinski definition) is 3. The fourth-order valence-electron chi connectivity index (χ4n) is 5.91. The van der Waals surface area contributed by atoms with Gasteiger partial charge >= 0.3 is 0 Å². The van der Waals surface area contributed by atoms with E-state index in [0.717, 1.165) is 23.1 Å². The Morgan fingerprint density at radius 2 is 1.74 bits per heavy atom. The third-order valence-corrected chi connectivity index (χ3v) is 7.93. The third kappa shape index (κ3) is 7.17. The maximum Gasteiger partial charge on any atom is 0.167 e. The number of aryl methyl sites for hydroxylation is 3. The lowest BCUT2D eigenvalue weighted by Crippen LogP contribution is -2.32. The first-order valence-electron chi connectivity index (χ1n) is 13.8. The molecule has 0 heterocycles. The van der Waals surface area contributed by atoms with Gasteiger partial charge in [0.05, 0.1) is 18.6 Å². The summed E-state index contributed by atoms with van der Waals surface area (Å²) >= 11 is 0. The molecule has 0 fully saturated rings. The van der Waals surface area contributed by atoms with Crippen LogP contribution in [0.3, 0.4) is 0 Å². The molecule has 3 unspecified atom stereocenters. The molecular formula is C32H42O6. The number of carbonyl (C=O) groups is 3. The van der Waals surface area contributed by atoms with Crippen molar-refractivity contribution in [3.05, 3.63) is 63.7 Å². The van der Waals surface area contributed by atoms with Crippen molar-refractivity contribution in [2.24, 2.45) is 17.8 Å². The van der Waals surface area contributed by atoms with Crippen LogP contribution in [0.5, 0.6) is 5.75 Å². The molecule has 0 amide bonds. The molecule has 0 saturated heterocycles. The summed E-state index contributed by atoms with van der Waals surface area (Å²) in [5.74, 6) is -1.60. The highest BCUT2D eigenvalue weighted by Gasteiger charge is 2.35. The quantitative estimate of drug-likeness (QED) is 0.323. The van der Waals surface area contributed by atoms with E-state index in [4.69, 9.17) is 0 Å². The second kappa shape index (κ2) is 13.3. The molecule has 0 aliphatic heterocycles. The van der Waals surface area contributed by atoms with E-state index < -0.39 is 12.5 Å². The van der Waals surface area contributed by atoms with Crippen LogP contribution in [-0.4, -0.2) is 45.9 Å². The average molecular weight is 523 g/mol. The van der Waals surface area contributed by atoms with Crippen molar-refractivity contribution in [1.29, 1.82) is 0 Å². The number of aliphatic hydroxyl groups excluding tert-OH is 2. The van der Waals surface area contributed by atoms with Crippen LogP contribution in [0.1, 0.15) is 90.5 Å². The summed E-state index contributed by atoms with van der Waals surface area (Å²) in [5, 5.41) is 30.8. The van der Waals surface area contributed by atoms with E-state index in [2.05, 4.69) is 38.1 Å². The van der Waals surface area contributed by atoms with E-state index in [1.165, 1.54) is 18.1 Å². The number of carbonyl (C=O) groups excluding carboxylic acids is 3. The fraction of sp³-hybridized carbons (Fsp3) is 0.531. The van der Waals surface area contributed by atoms with Crippen molar-refractivity contribution in [2.45, 2.75) is 78.6 Å². The van der Waals surface area contributed by atoms with E-state index >= 15 is 0 Å². The number of aliphatic hydroxyl groups is 2. The van der Waals surface area contributed by atoms with Gasteiger partial charge in [-0.15, -0.1) is 0 Å². The van der Waals surface area contributed by atoms with Gasteiger partial charge in [0.15, 0.2) is 5.78 Å². The lowest BCUT2D eigenvalue weighted by Gasteiger charge is -2.32. The maximum atomic E-state index is 13.4. The molecule has 1 aliphatic carbocycles. The number of aromatic hydroxyl groups is 1. The molecule has 0 aromatic heterocycles. The van der Waals surface area contributed by atoms with E-state index in [-0.39, 0.29) is 60.3 Å². The predicted molar refractivity (Wildman–Crippen MR) is 148 cm³/mol. The Bertz CT molecular complexity index is 1150. The molecule has 38 heavy (non-hydrogen) atoms. The van der Waals surface area contributed by atoms with E-state index in [1.807, 2.05) is 13.0 Å². The van der Waals surface area contributed by atoms with Gasteiger partial charge in [-0.3, -0.25) is 14.4 Å². The van der Waals surface area contributed by atoms with Gasteiger partial charge in [0.2, 0.25) is 0 Å². The van der Waals surface area contributed by atoms with E-state index in [0.29, 0.717) is 31.2 Å². The Labute approximate surface area is 226 Å². The summed E-state index contributed by atoms with van der Waals surface area (Å²) < 4.78 is 0. The summed E-state index contributed by atoms with van der Waals surface area (Å²) in [4.78, 5) is 37.6. The second-order valence-corrected chi connectivity index (χ2v) is 11.3. The van der Waals surface area contributed by atoms with Crippen LogP contribution in [0, 0.1) is 24.7 Å². The van der Waals surface area contributed by atoms with Crippen molar-refractivity contribution in [2.75, 3.05) is 13.2 Å². The molecular weight excluding hydrogens is 480 g/mol. The van der Waals surface area contributed by atoms with Gasteiger partial charge in [0.1, 0.15) is 17.3 Å². The zero-order valence-corrected chi connectivity index (χ0v) is 23.1. The van der Waals surface area contributed by atoms with Gasteiger partial charge in [-0.05, 0) is 86.0 Å². The first-order chi connectivity index (χ1) is 18.0. The molecule has 1 aliphatic rings. The van der Waals surface area contributed by atoms with Crippen LogP contribution < -0.4 is 0 Å². The minimum Gasteiger partial charge on any atom is -0.507 e. The highest BCUT2D eigenvalue weighted by Crippen LogP contribution is 2.42. The topological polar surface area (TPSA) is 112 Å². The molecule has 6 nitrogen and oxygen atoms in total. The van der Waals surface area contributed by atoms with Crippen molar-refractivity contribution in [3.63, 3.8) is 0 Å². The smallest absolute Gasteiger partial charge is 0.167 e. The van der Waals surface area contributed by atoms with Crippen LogP contribution in [0.4, 0.5) is 0 Å². The van der Waals surface area contributed by atoms with Crippen molar-refractivity contribution in [3.8, 4) is 5.75 Å². The number of Topliss-reactive ketones (excluding diaryl/α,β-unsaturated/α-hetero) is 3. The SMILES string of the molecule is CC(=O)CC(=O)C(CO)C(CCO)CC1CC(=O)c2c(O)c(CCc3ccc(C)cc3)cc(C(C)C)c2C1. The first-order valence-corrected chi connectivity index (χ1v) is 13.8. The van der Waals surface area contributed by atoms with Crippen LogP contribution in [0.25, 0.3) is 0 Å². The Morgan fingerprint density at radius 1 is 1.05 bits per heavy atom. The van der Waals surface area contributed by atoms with Gasteiger partial charge in [-0.1, -0.05) is 49.7 Å². The Morgan fingerprint density at radius 3 is 2.32 bits per heavy atom. The Hall–Kier alpha value is -2.83. The molecule has 3 atom stereocenters. The number of phenols is 1. The molecule has 206 valence electrons. The summed E-state index contributed by atoms with van der Waals surface area (Å²) in [7, 11) is 0. The molecule has 2 aromatic rings. The number of fused-ring (bicyclic) bond motifs is 1. The monoisotopic (exact) mass is 522 g/mol. The Kier molecular flexibility index (Phi) is 10.4. The number of rotatable bonds is 13. The maximum absolute atomic E-state index is 13.4. The molecule has 0 radical (unpaired) electrons. The van der Waals surface area contributed by atoms with Crippen LogP contribution in [-0.2, 0) is 28.9 Å². The summed E-state index contributed by atoms with van der Waals surface area (Å²) in [6, 6.07) is 10.4. The van der Waals surface area contributed by atoms with Gasteiger partial charge in [-0.2, -0.15) is 0 Å². The molecule has 0 bridgehead atoms. The highest BCUT2D eigenvalue weighted by atomic mass is 16.3. The minimum absolute atomic E-state index is 0.0803. The molecule has 0 saturated carbocycles. The van der Waals surface area contributed by atoms with Crippen molar-refractivity contribution in [1.82, 2.24) is 0 Å². The van der Waals surface area contributed by atoms with Gasteiger partial charge in [0, 0.05) is 18.9 Å². The van der Waals surface area contributed by atoms with Crippen LogP contribution >= 0.6 is 0 Å². The number of benzene rings is 2. The largest absolute Gasteiger partial charge is 0.507 e. The lowest BCUT2D eigenvalue weighted by atomic mass is 9.71. The molecule has 0 spiro atoms. The van der Waals surface area contributed by atoms with Gasteiger partial charge in [-0.25, -0.2) is 0 Å². The normalized spacial score (nSPS) is 16.8. The van der Waals surface area contributed by atoms with Gasteiger partial charge < -0.3 is 15.3 Å². The third-order valence-electron chi connectivity index (χ3n) is 7.93. The summed E-state index contributed by atoms with van der Waals surface area (Å²) in [5.41, 5.74) is 5.51. The average Bonchev–Trinajstić information content (AvgIpc) is 2.84. The summed E-state index contributed by atoms with van der Waals surface area (Å²) in [6.45, 7) is 7.03. The van der Waals surface area contributed by atoms with E-state index in [1.54, 1.807) is 0 Å². The second-order valence-electron chi connectivity index (χ2n) is 11.3. The van der Waals surface area contributed by atoms with Crippen LogP contribution in [0.15, 0.2) is 30.3 Å². The van der Waals surface area contributed by atoms with Crippen LogP contribution in [0.2, 0.25) is 0 Å². The zero-order chi connectivity index (χ0) is 28.0. The highest BCUT2D eigenvalue weighted by molar-refractivity contribution is 6.02. The standard InChI is InChI=1S/C32H42O6/c1-19(2)26-17-25(10-9-22-7-5-20(3)6-8-22)32(38)31-27(26)15-23(16-30(31)37)14-24(11-12-33)28(18-34)29(36)13-21(4)35/h5-8,17,19,23-24,28,33-34,38H,9-16,18H2,1-4H3. The summed E-state index contributed by atoms with van der Waals surface area (Å²) in [6.07, 6.45) is 2.77. The Balaban J connectivity index is 1.87. The number of phenolic OH excluding ortho intramolecular Hbond substituents is 1. The van der Waals surface area contributed by atoms with Crippen molar-refractivity contribution < 1.29 is 29.7 Å². The number of ketones is 3. The van der Waals surface area contributed by atoms with Crippen molar-refractivity contribution >= 4 is 17.3 Å². The molecule has 6 heteroatoms. The lowest BCUT2D eigenvalue weighted by molar-refractivity contribution is -0.131. The number of hydrogen-bond acceptors (Lipinski definition) is 6. The first kappa shape index (κ1) is 29.7. The molecule has 2 aromatic carbocycles. The molecule has 3 rings (SSSR count). The zero-order valence-electron chi connectivity index (χ0n) is 23.1. The fourth-order valence-corrected chi connectivity index (χ4v) is 5.91. The predicted octanol–water partition coefficient (Wildman–Crippen LogP) is 4.90. The minimum atomic E-state index is -0.746. The molecule has 3 N–H and O–H groups in total.